The van der Waals surface area contributed by atoms with E-state index in [1.807, 2.05) is 13.0 Å². The second-order valence-electron chi connectivity index (χ2n) is 3.83. The molecule has 1 saturated carbocycles. The Morgan fingerprint density at radius 2 is 2.21 bits per heavy atom. The maximum absolute atomic E-state index is 10.7. The highest BCUT2D eigenvalue weighted by Gasteiger charge is 2.39. The van der Waals surface area contributed by atoms with Crippen molar-refractivity contribution in [1.82, 2.24) is 0 Å². The van der Waals surface area contributed by atoms with Gasteiger partial charge >= 0.3 is 0 Å². The van der Waals surface area contributed by atoms with E-state index in [0.29, 0.717) is 0 Å². The van der Waals surface area contributed by atoms with E-state index in [2.05, 4.69) is 0 Å². The lowest BCUT2D eigenvalue weighted by atomic mass is 10.1. The normalized spacial score (nSPS) is 24.7. The number of nitro benzene ring substituents is 1. The average molecular weight is 192 g/mol. The molecular weight excluding hydrogens is 180 g/mol. The molecule has 2 N–H and O–H groups in total. The molecule has 2 rings (SSSR count). The van der Waals surface area contributed by atoms with Gasteiger partial charge in [0.2, 0.25) is 0 Å². The monoisotopic (exact) mass is 192 g/mol. The minimum Gasteiger partial charge on any atom is -0.327 e. The molecule has 4 nitrogen and oxygen atoms in total. The van der Waals surface area contributed by atoms with Gasteiger partial charge in [0.15, 0.2) is 0 Å². The summed E-state index contributed by atoms with van der Waals surface area (Å²) < 4.78 is 0. The summed E-state index contributed by atoms with van der Waals surface area (Å²) in [5, 5.41) is 10.7. The topological polar surface area (TPSA) is 69.2 Å². The largest absolute Gasteiger partial charge is 0.327 e. The fraction of sp³-hybridized carbons (Fsp3) is 0.400. The predicted molar refractivity (Wildman–Crippen MR) is 53.2 cm³/mol. The highest BCUT2D eigenvalue weighted by molar-refractivity contribution is 5.47. The molecule has 1 aromatic carbocycles. The van der Waals surface area contributed by atoms with Gasteiger partial charge in [-0.1, -0.05) is 11.6 Å². The summed E-state index contributed by atoms with van der Waals surface area (Å²) in [7, 11) is 0. The van der Waals surface area contributed by atoms with Crippen molar-refractivity contribution in [3.8, 4) is 0 Å². The van der Waals surface area contributed by atoms with Gasteiger partial charge in [0, 0.05) is 23.6 Å². The Morgan fingerprint density at radius 1 is 1.57 bits per heavy atom. The van der Waals surface area contributed by atoms with Crippen LogP contribution in [0.25, 0.3) is 0 Å². The van der Waals surface area contributed by atoms with E-state index in [9.17, 15) is 10.1 Å². The molecule has 0 aromatic heterocycles. The number of hydrogen-bond donors (Lipinski definition) is 1. The SMILES string of the molecule is Cc1ccc([N+](=O)[O-])c(C2CC2N)c1. The zero-order chi connectivity index (χ0) is 10.3. The Balaban J connectivity index is 2.44. The summed E-state index contributed by atoms with van der Waals surface area (Å²) in [4.78, 5) is 10.4. The number of nitrogens with zero attached hydrogens (tertiary/aromatic N) is 1. The lowest BCUT2D eigenvalue weighted by Gasteiger charge is -2.02. The number of nitro groups is 1. The number of hydrogen-bond acceptors (Lipinski definition) is 3. The van der Waals surface area contributed by atoms with Crippen molar-refractivity contribution >= 4 is 5.69 Å². The van der Waals surface area contributed by atoms with E-state index < -0.39 is 0 Å². The molecule has 1 aromatic rings. The van der Waals surface area contributed by atoms with E-state index in [4.69, 9.17) is 5.73 Å². The average Bonchev–Trinajstić information content (AvgIpc) is 2.82. The van der Waals surface area contributed by atoms with E-state index in [1.165, 1.54) is 0 Å². The van der Waals surface area contributed by atoms with Crippen LogP contribution in [0, 0.1) is 17.0 Å². The lowest BCUT2D eigenvalue weighted by molar-refractivity contribution is -0.385. The van der Waals surface area contributed by atoms with Crippen LogP contribution >= 0.6 is 0 Å². The van der Waals surface area contributed by atoms with Gasteiger partial charge in [0.1, 0.15) is 0 Å². The minimum absolute atomic E-state index is 0.107. The Labute approximate surface area is 81.9 Å². The van der Waals surface area contributed by atoms with Gasteiger partial charge in [-0.25, -0.2) is 0 Å². The number of rotatable bonds is 2. The number of benzene rings is 1. The molecule has 4 heteroatoms. The van der Waals surface area contributed by atoms with Crippen LogP contribution in [0.2, 0.25) is 0 Å². The summed E-state index contributed by atoms with van der Waals surface area (Å²) in [6.45, 7) is 1.93. The fourth-order valence-electron chi connectivity index (χ4n) is 1.71. The Kier molecular flexibility index (Phi) is 2.00. The molecular formula is C10H12N2O2. The summed E-state index contributed by atoms with van der Waals surface area (Å²) in [6, 6.07) is 5.30. The first-order chi connectivity index (χ1) is 6.59. The van der Waals surface area contributed by atoms with Gasteiger partial charge in [-0.05, 0) is 19.4 Å². The smallest absolute Gasteiger partial charge is 0.272 e. The Hall–Kier alpha value is -1.42. The molecule has 1 aliphatic carbocycles. The van der Waals surface area contributed by atoms with Crippen molar-refractivity contribution in [3.63, 3.8) is 0 Å². The molecule has 0 bridgehead atoms. The molecule has 0 aliphatic heterocycles. The molecule has 2 unspecified atom stereocenters. The second-order valence-corrected chi connectivity index (χ2v) is 3.83. The van der Waals surface area contributed by atoms with Crippen molar-refractivity contribution in [2.75, 3.05) is 0 Å². The molecule has 0 saturated heterocycles. The minimum atomic E-state index is -0.334. The van der Waals surface area contributed by atoms with Gasteiger partial charge in [-0.3, -0.25) is 10.1 Å². The second kappa shape index (κ2) is 3.06. The van der Waals surface area contributed by atoms with Crippen LogP contribution in [0.15, 0.2) is 18.2 Å². The van der Waals surface area contributed by atoms with Gasteiger partial charge in [0.05, 0.1) is 4.92 Å². The van der Waals surface area contributed by atoms with Crippen molar-refractivity contribution in [3.05, 3.63) is 39.4 Å². The van der Waals surface area contributed by atoms with Crippen LogP contribution in [-0.2, 0) is 0 Å². The maximum Gasteiger partial charge on any atom is 0.272 e. The lowest BCUT2D eigenvalue weighted by Crippen LogP contribution is -2.03. The summed E-state index contributed by atoms with van der Waals surface area (Å²) in [6.07, 6.45) is 0.865. The zero-order valence-corrected chi connectivity index (χ0v) is 7.93. The van der Waals surface area contributed by atoms with Gasteiger partial charge < -0.3 is 5.73 Å². The van der Waals surface area contributed by atoms with E-state index in [-0.39, 0.29) is 22.6 Å². The molecule has 1 fully saturated rings. The standard InChI is InChI=1S/C10H12N2O2/c1-6-2-3-10(12(13)14)8(4-6)7-5-9(7)11/h2-4,7,9H,5,11H2,1H3. The third-order valence-electron chi connectivity index (χ3n) is 2.62. The Bertz CT molecular complexity index is 390. The van der Waals surface area contributed by atoms with Crippen LogP contribution < -0.4 is 5.73 Å². The van der Waals surface area contributed by atoms with Crippen molar-refractivity contribution in [2.24, 2.45) is 5.73 Å². The number of nitrogens with two attached hydrogens (primary N) is 1. The van der Waals surface area contributed by atoms with Crippen molar-refractivity contribution in [1.29, 1.82) is 0 Å². The molecule has 74 valence electrons. The molecule has 0 spiro atoms. The Morgan fingerprint density at radius 3 is 2.71 bits per heavy atom. The molecule has 0 amide bonds. The molecule has 2 atom stereocenters. The first-order valence-electron chi connectivity index (χ1n) is 4.60. The summed E-state index contributed by atoms with van der Waals surface area (Å²) in [5.74, 6) is 0.190. The van der Waals surface area contributed by atoms with Crippen molar-refractivity contribution in [2.45, 2.75) is 25.3 Å². The van der Waals surface area contributed by atoms with Crippen LogP contribution in [0.4, 0.5) is 5.69 Å². The molecule has 0 radical (unpaired) electrons. The summed E-state index contributed by atoms with van der Waals surface area (Å²) >= 11 is 0. The third kappa shape index (κ3) is 1.48. The van der Waals surface area contributed by atoms with Crippen LogP contribution in [0.3, 0.4) is 0 Å². The summed E-state index contributed by atoms with van der Waals surface area (Å²) in [5.41, 5.74) is 7.74. The van der Waals surface area contributed by atoms with Crippen molar-refractivity contribution < 1.29 is 4.92 Å². The van der Waals surface area contributed by atoms with Crippen LogP contribution in [0.1, 0.15) is 23.5 Å². The number of aryl methyl sites for hydroxylation is 1. The fourth-order valence-corrected chi connectivity index (χ4v) is 1.71. The predicted octanol–water partition coefficient (Wildman–Crippen LogP) is 1.72. The quantitative estimate of drug-likeness (QED) is 0.573. The molecule has 14 heavy (non-hydrogen) atoms. The van der Waals surface area contributed by atoms with Gasteiger partial charge in [0.25, 0.3) is 5.69 Å². The van der Waals surface area contributed by atoms with Gasteiger partial charge in [-0.15, -0.1) is 0 Å². The highest BCUT2D eigenvalue weighted by Crippen LogP contribution is 2.43. The van der Waals surface area contributed by atoms with Gasteiger partial charge in [-0.2, -0.15) is 0 Å². The molecule has 1 aliphatic rings. The first-order valence-corrected chi connectivity index (χ1v) is 4.60. The first kappa shape index (κ1) is 9.15. The van der Waals surface area contributed by atoms with Crippen LogP contribution in [-0.4, -0.2) is 11.0 Å². The van der Waals surface area contributed by atoms with E-state index in [0.717, 1.165) is 17.5 Å². The van der Waals surface area contributed by atoms with Crippen LogP contribution in [0.5, 0.6) is 0 Å². The molecule has 0 heterocycles. The third-order valence-corrected chi connectivity index (χ3v) is 2.62. The van der Waals surface area contributed by atoms with E-state index >= 15 is 0 Å². The highest BCUT2D eigenvalue weighted by atomic mass is 16.6. The maximum atomic E-state index is 10.7. The zero-order valence-electron chi connectivity index (χ0n) is 7.93. The van der Waals surface area contributed by atoms with E-state index in [1.54, 1.807) is 12.1 Å².